The molecule has 18 heavy (non-hydrogen) atoms. The number of fused-ring (bicyclic) bond motifs is 1. The highest BCUT2D eigenvalue weighted by atomic mass is 16.6. The predicted molar refractivity (Wildman–Crippen MR) is 65.7 cm³/mol. The predicted octanol–water partition coefficient (Wildman–Crippen LogP) is 2.06. The third-order valence-corrected chi connectivity index (χ3v) is 3.06. The molecule has 1 aromatic carbocycles. The van der Waals surface area contributed by atoms with Crippen molar-refractivity contribution >= 4 is 11.8 Å². The second kappa shape index (κ2) is 4.29. The van der Waals surface area contributed by atoms with Gasteiger partial charge >= 0.3 is 5.97 Å². The van der Waals surface area contributed by atoms with Crippen LogP contribution in [-0.2, 0) is 9.53 Å². The Hall–Kier alpha value is -2.10. The Balaban J connectivity index is 2.56. The van der Waals surface area contributed by atoms with Crippen LogP contribution in [0.15, 0.2) is 30.9 Å². The van der Waals surface area contributed by atoms with Crippen LogP contribution in [0.5, 0.6) is 5.75 Å². The van der Waals surface area contributed by atoms with E-state index in [0.717, 1.165) is 5.56 Å². The number of esters is 1. The van der Waals surface area contributed by atoms with E-state index in [0.29, 0.717) is 11.3 Å². The maximum Gasteiger partial charge on any atom is 0.358 e. The monoisotopic (exact) mass is 246 g/mol. The number of methoxy groups -OCH3 is 1. The van der Waals surface area contributed by atoms with E-state index in [9.17, 15) is 9.59 Å². The molecular weight excluding hydrogens is 232 g/mol. The quantitative estimate of drug-likeness (QED) is 0.465. The van der Waals surface area contributed by atoms with E-state index in [1.165, 1.54) is 13.2 Å². The molecule has 0 aromatic heterocycles. The summed E-state index contributed by atoms with van der Waals surface area (Å²) < 4.78 is 10.3. The third kappa shape index (κ3) is 1.53. The third-order valence-electron chi connectivity index (χ3n) is 3.06. The first kappa shape index (κ1) is 12.4. The summed E-state index contributed by atoms with van der Waals surface area (Å²) >= 11 is 0. The van der Waals surface area contributed by atoms with Crippen LogP contribution in [0, 0.1) is 6.92 Å². The Labute approximate surface area is 105 Å². The molecule has 1 atom stereocenters. The Kier molecular flexibility index (Phi) is 2.95. The van der Waals surface area contributed by atoms with Crippen LogP contribution < -0.4 is 4.74 Å². The molecule has 1 aliphatic heterocycles. The number of ether oxygens (including phenoxy) is 2. The second-order valence-electron chi connectivity index (χ2n) is 4.19. The van der Waals surface area contributed by atoms with Crippen LogP contribution in [0.3, 0.4) is 0 Å². The molecule has 0 spiro atoms. The minimum atomic E-state index is -1.61. The topological polar surface area (TPSA) is 52.6 Å². The fourth-order valence-corrected chi connectivity index (χ4v) is 2.17. The smallest absolute Gasteiger partial charge is 0.358 e. The van der Waals surface area contributed by atoms with E-state index in [2.05, 4.69) is 6.58 Å². The number of hydrogen-bond acceptors (Lipinski definition) is 4. The van der Waals surface area contributed by atoms with Gasteiger partial charge in [-0.1, -0.05) is 18.2 Å². The highest BCUT2D eigenvalue weighted by Crippen LogP contribution is 2.39. The normalized spacial score (nSPS) is 21.1. The summed E-state index contributed by atoms with van der Waals surface area (Å²) in [7, 11) is 1.24. The van der Waals surface area contributed by atoms with Gasteiger partial charge in [0.2, 0.25) is 5.78 Å². The van der Waals surface area contributed by atoms with Gasteiger partial charge < -0.3 is 9.47 Å². The molecule has 94 valence electrons. The summed E-state index contributed by atoms with van der Waals surface area (Å²) in [4.78, 5) is 24.4. The average molecular weight is 246 g/mol. The molecule has 1 heterocycles. The summed E-state index contributed by atoms with van der Waals surface area (Å²) in [6, 6.07) is 5.26. The van der Waals surface area contributed by atoms with Gasteiger partial charge in [0.1, 0.15) is 5.75 Å². The van der Waals surface area contributed by atoms with Gasteiger partial charge in [0.15, 0.2) is 0 Å². The first-order valence-corrected chi connectivity index (χ1v) is 5.59. The fourth-order valence-electron chi connectivity index (χ4n) is 2.17. The maximum absolute atomic E-state index is 12.5. The Bertz CT molecular complexity index is 533. The zero-order valence-corrected chi connectivity index (χ0v) is 10.4. The maximum atomic E-state index is 12.5. The lowest BCUT2D eigenvalue weighted by atomic mass is 9.90. The van der Waals surface area contributed by atoms with Gasteiger partial charge in [0.25, 0.3) is 5.60 Å². The van der Waals surface area contributed by atoms with Crippen LogP contribution in [0.25, 0.3) is 0 Å². The van der Waals surface area contributed by atoms with E-state index in [-0.39, 0.29) is 12.2 Å². The van der Waals surface area contributed by atoms with E-state index < -0.39 is 11.6 Å². The molecule has 0 aliphatic carbocycles. The van der Waals surface area contributed by atoms with E-state index in [1.807, 2.05) is 0 Å². The molecule has 0 N–H and O–H groups in total. The number of carbonyl (C=O) groups is 2. The van der Waals surface area contributed by atoms with Crippen LogP contribution in [0.1, 0.15) is 22.3 Å². The van der Waals surface area contributed by atoms with Gasteiger partial charge in [-0.05, 0) is 18.6 Å². The Morgan fingerprint density at radius 1 is 1.56 bits per heavy atom. The van der Waals surface area contributed by atoms with Gasteiger partial charge in [0.05, 0.1) is 12.7 Å². The lowest BCUT2D eigenvalue weighted by molar-refractivity contribution is -0.153. The number of carbonyl (C=O) groups excluding carboxylic acids is 2. The molecule has 4 heteroatoms. The van der Waals surface area contributed by atoms with Crippen molar-refractivity contribution in [3.05, 3.63) is 42.0 Å². The molecule has 0 saturated heterocycles. The summed E-state index contributed by atoms with van der Waals surface area (Å²) in [6.07, 6.45) is 1.57. The summed E-state index contributed by atoms with van der Waals surface area (Å²) in [6.45, 7) is 5.37. The molecule has 2 rings (SSSR count). The van der Waals surface area contributed by atoms with E-state index >= 15 is 0 Å². The van der Waals surface area contributed by atoms with Crippen molar-refractivity contribution in [1.82, 2.24) is 0 Å². The van der Waals surface area contributed by atoms with Gasteiger partial charge in [-0.3, -0.25) is 4.79 Å². The highest BCUT2D eigenvalue weighted by molar-refractivity contribution is 6.20. The van der Waals surface area contributed by atoms with Crippen molar-refractivity contribution in [1.29, 1.82) is 0 Å². The lowest BCUT2D eigenvalue weighted by Crippen LogP contribution is -2.48. The molecule has 0 fully saturated rings. The Morgan fingerprint density at radius 3 is 2.83 bits per heavy atom. The van der Waals surface area contributed by atoms with Gasteiger partial charge in [-0.2, -0.15) is 0 Å². The number of rotatable bonds is 3. The standard InChI is InChI=1S/C14H14O4/c1-4-8-14(13(16)17-3)12(15)11-9(2)6-5-7-10(11)18-14/h4-7H,1,8H2,2-3H3. The largest absolute Gasteiger partial charge is 0.466 e. The van der Waals surface area contributed by atoms with Crippen LogP contribution >= 0.6 is 0 Å². The van der Waals surface area contributed by atoms with Crippen molar-refractivity contribution in [2.45, 2.75) is 18.9 Å². The molecule has 1 unspecified atom stereocenters. The van der Waals surface area contributed by atoms with E-state index in [4.69, 9.17) is 9.47 Å². The average Bonchev–Trinajstić information content (AvgIpc) is 2.64. The molecule has 1 aromatic rings. The van der Waals surface area contributed by atoms with Gasteiger partial charge in [-0.15, -0.1) is 6.58 Å². The van der Waals surface area contributed by atoms with Crippen molar-refractivity contribution in [3.8, 4) is 5.75 Å². The van der Waals surface area contributed by atoms with Crippen LogP contribution in [-0.4, -0.2) is 24.5 Å². The number of hydrogen-bond donors (Lipinski definition) is 0. The van der Waals surface area contributed by atoms with Crippen molar-refractivity contribution < 1.29 is 19.1 Å². The minimum Gasteiger partial charge on any atom is -0.466 e. The molecule has 0 amide bonds. The summed E-state index contributed by atoms with van der Waals surface area (Å²) in [5.41, 5.74) is -0.373. The summed E-state index contributed by atoms with van der Waals surface area (Å²) in [5.74, 6) is -0.627. The fraction of sp³-hybridized carbons (Fsp3) is 0.286. The molecule has 0 saturated carbocycles. The highest BCUT2D eigenvalue weighted by Gasteiger charge is 2.54. The first-order valence-electron chi connectivity index (χ1n) is 5.59. The zero-order valence-electron chi connectivity index (χ0n) is 10.4. The zero-order chi connectivity index (χ0) is 13.3. The van der Waals surface area contributed by atoms with Crippen molar-refractivity contribution in [3.63, 3.8) is 0 Å². The molecule has 4 nitrogen and oxygen atoms in total. The molecule has 0 bridgehead atoms. The van der Waals surface area contributed by atoms with Crippen LogP contribution in [0.4, 0.5) is 0 Å². The first-order chi connectivity index (χ1) is 8.56. The van der Waals surface area contributed by atoms with E-state index in [1.54, 1.807) is 25.1 Å². The molecule has 1 aliphatic rings. The van der Waals surface area contributed by atoms with Crippen molar-refractivity contribution in [2.75, 3.05) is 7.11 Å². The molecule has 0 radical (unpaired) electrons. The summed E-state index contributed by atoms with van der Waals surface area (Å²) in [5, 5.41) is 0. The minimum absolute atomic E-state index is 0.0899. The Morgan fingerprint density at radius 2 is 2.28 bits per heavy atom. The molecular formula is C14H14O4. The number of Topliss-reactive ketones (excluding diaryl/α,β-unsaturated/α-hetero) is 1. The van der Waals surface area contributed by atoms with Gasteiger partial charge in [0, 0.05) is 6.42 Å². The number of ketones is 1. The number of aryl methyl sites for hydroxylation is 1. The second-order valence-corrected chi connectivity index (χ2v) is 4.19. The van der Waals surface area contributed by atoms with Gasteiger partial charge in [-0.25, -0.2) is 4.79 Å². The van der Waals surface area contributed by atoms with Crippen LogP contribution in [0.2, 0.25) is 0 Å². The SMILES string of the molecule is C=CCC1(C(=O)OC)Oc2cccc(C)c2C1=O. The number of benzene rings is 1. The lowest BCUT2D eigenvalue weighted by Gasteiger charge is -2.22. The van der Waals surface area contributed by atoms with Crippen molar-refractivity contribution in [2.24, 2.45) is 0 Å².